The van der Waals surface area contributed by atoms with Gasteiger partial charge in [0.15, 0.2) is 17.3 Å². The molecule has 3 aromatic rings. The summed E-state index contributed by atoms with van der Waals surface area (Å²) in [5.74, 6) is -5.87. The Morgan fingerprint density at radius 1 is 1.08 bits per heavy atom. The Balaban J connectivity index is 1.99. The third-order valence-electron chi connectivity index (χ3n) is 5.33. The number of nitrogens with zero attached hydrogens (tertiary/aromatic N) is 5. The van der Waals surface area contributed by atoms with Gasteiger partial charge in [0.2, 0.25) is 6.41 Å². The number of hydrogen-bond acceptors (Lipinski definition) is 9. The summed E-state index contributed by atoms with van der Waals surface area (Å²) in [6, 6.07) is 3.60. The van der Waals surface area contributed by atoms with Crippen molar-refractivity contribution < 1.29 is 33.6 Å². The summed E-state index contributed by atoms with van der Waals surface area (Å²) in [6.07, 6.45) is 5.31. The van der Waals surface area contributed by atoms with E-state index in [0.717, 1.165) is 0 Å². The Kier molecular flexibility index (Phi) is 8.76. The molecule has 0 saturated heterocycles. The molecule has 0 fully saturated rings. The van der Waals surface area contributed by atoms with E-state index in [0.29, 0.717) is 41.3 Å². The minimum absolute atomic E-state index is 0.0810. The summed E-state index contributed by atoms with van der Waals surface area (Å²) < 4.78 is 32.5. The summed E-state index contributed by atoms with van der Waals surface area (Å²) in [4.78, 5) is 29.6. The van der Waals surface area contributed by atoms with Gasteiger partial charge in [-0.2, -0.15) is 0 Å². The molecule has 13 heteroatoms. The highest BCUT2D eigenvalue weighted by Gasteiger charge is 2.35. The van der Waals surface area contributed by atoms with E-state index in [9.17, 15) is 28.9 Å². The van der Waals surface area contributed by atoms with Crippen molar-refractivity contribution in [2.45, 2.75) is 46.2 Å². The van der Waals surface area contributed by atoms with Gasteiger partial charge in [-0.15, -0.1) is 0 Å². The normalized spacial score (nSPS) is 13.2. The molecule has 3 rings (SSSR count). The monoisotopic (exact) mass is 561 g/mol. The second kappa shape index (κ2) is 11.5. The first kappa shape index (κ1) is 29.7. The molecule has 0 aromatic carbocycles. The Bertz CT molecular complexity index is 1450. The summed E-state index contributed by atoms with van der Waals surface area (Å²) in [5, 5.41) is 30.9. The lowest BCUT2D eigenvalue weighted by Crippen LogP contribution is -2.31. The minimum Gasteiger partial charge on any atom is -0.433 e. The van der Waals surface area contributed by atoms with E-state index in [2.05, 4.69) is 19.9 Å². The fourth-order valence-electron chi connectivity index (χ4n) is 3.35. The summed E-state index contributed by atoms with van der Waals surface area (Å²) in [6.45, 7) is 7.68. The van der Waals surface area contributed by atoms with Gasteiger partial charge in [0, 0.05) is 30.2 Å². The first-order chi connectivity index (χ1) is 18.1. The van der Waals surface area contributed by atoms with Crippen LogP contribution in [0.3, 0.4) is 0 Å². The fourth-order valence-corrected chi connectivity index (χ4v) is 3.45. The second-order valence-electron chi connectivity index (χ2n) is 9.03. The van der Waals surface area contributed by atoms with Crippen LogP contribution in [0.2, 0.25) is 0 Å². The number of rotatable bonds is 9. The van der Waals surface area contributed by atoms with Crippen molar-refractivity contribution in [2.24, 2.45) is 0 Å². The van der Waals surface area contributed by atoms with E-state index in [4.69, 9.17) is 16.3 Å². The predicted octanol–water partition coefficient (Wildman–Crippen LogP) is 3.90. The molecule has 3 heterocycles. The lowest BCUT2D eigenvalue weighted by molar-refractivity contribution is -0.334. The molecule has 0 aliphatic rings. The molecular formula is C26H26ClF2N5O5. The van der Waals surface area contributed by atoms with Crippen LogP contribution in [0.1, 0.15) is 44.8 Å². The van der Waals surface area contributed by atoms with Gasteiger partial charge in [-0.05, 0) is 52.3 Å². The summed E-state index contributed by atoms with van der Waals surface area (Å²) in [5.41, 5.74) is -0.307. The van der Waals surface area contributed by atoms with Crippen LogP contribution in [0.25, 0.3) is 11.4 Å². The highest BCUT2D eigenvalue weighted by molar-refractivity contribution is 6.29. The topological polar surface area (TPSA) is 142 Å². The predicted molar refractivity (Wildman–Crippen MR) is 137 cm³/mol. The lowest BCUT2D eigenvalue weighted by Gasteiger charge is -2.25. The molecule has 10 nitrogen and oxygen atoms in total. The maximum absolute atomic E-state index is 14.1. The lowest BCUT2D eigenvalue weighted by atomic mass is 10.1. The number of carbonyl (C=O) groups is 1. The highest BCUT2D eigenvalue weighted by atomic mass is 35.5. The van der Waals surface area contributed by atoms with E-state index in [-0.39, 0.29) is 22.3 Å². The largest absolute Gasteiger partial charge is 0.433 e. The summed E-state index contributed by atoms with van der Waals surface area (Å²) >= 11 is 6.09. The smallest absolute Gasteiger partial charge is 0.372 e. The van der Waals surface area contributed by atoms with Crippen LogP contribution < -0.4 is 4.90 Å². The standard InChI is InChI=1S/C26H26ClF2N5O5/c1-14-11-31-20(19-6-7-30-24(33-19)25(4,5)36)10-21(14)34(13-35)15(2)8-22(16(3)27)39-26(37,38)23-18(29)9-17(28)12-32-23/h6-13,36-38H,1-5H3/b15-8-,22-16-. The number of ether oxygens (including phenoxy) is 1. The molecule has 206 valence electrons. The quantitative estimate of drug-likeness (QED) is 0.153. The molecule has 0 atom stereocenters. The molecular weight excluding hydrogens is 536 g/mol. The molecule has 1 amide bonds. The number of pyridine rings is 2. The van der Waals surface area contributed by atoms with E-state index in [1.54, 1.807) is 32.9 Å². The van der Waals surface area contributed by atoms with Gasteiger partial charge in [0.05, 0.1) is 28.3 Å². The Labute approximate surface area is 227 Å². The van der Waals surface area contributed by atoms with Gasteiger partial charge in [0.1, 0.15) is 17.2 Å². The minimum atomic E-state index is -3.32. The van der Waals surface area contributed by atoms with Crippen molar-refractivity contribution in [1.82, 2.24) is 19.9 Å². The highest BCUT2D eigenvalue weighted by Crippen LogP contribution is 2.31. The molecule has 0 aliphatic heterocycles. The number of aliphatic hydroxyl groups is 3. The van der Waals surface area contributed by atoms with Gasteiger partial charge in [-0.1, -0.05) is 11.6 Å². The van der Waals surface area contributed by atoms with Crippen molar-refractivity contribution >= 4 is 23.7 Å². The number of halogens is 3. The van der Waals surface area contributed by atoms with Gasteiger partial charge < -0.3 is 20.1 Å². The zero-order valence-corrected chi connectivity index (χ0v) is 22.4. The molecule has 3 aromatic heterocycles. The number of aromatic nitrogens is 4. The fraction of sp³-hybridized carbons (Fsp3) is 0.269. The number of amides is 1. The number of allylic oxidation sites excluding steroid dienone is 3. The third kappa shape index (κ3) is 6.98. The molecule has 3 N–H and O–H groups in total. The van der Waals surface area contributed by atoms with Crippen LogP contribution in [-0.4, -0.2) is 41.7 Å². The number of aryl methyl sites for hydroxylation is 1. The van der Waals surface area contributed by atoms with E-state index >= 15 is 0 Å². The zero-order valence-electron chi connectivity index (χ0n) is 21.6. The van der Waals surface area contributed by atoms with E-state index in [1.807, 2.05) is 0 Å². The maximum Gasteiger partial charge on any atom is 0.372 e. The third-order valence-corrected chi connectivity index (χ3v) is 5.52. The van der Waals surface area contributed by atoms with Gasteiger partial charge in [-0.25, -0.2) is 23.7 Å². The first-order valence-corrected chi connectivity index (χ1v) is 11.8. The SMILES string of the molecule is C/C(=C/C(OC(O)(O)c1ncc(F)cc1F)=C(\C)Cl)N(C=O)c1cc(-c2ccnc(C(C)(C)O)n2)ncc1C. The molecule has 0 radical (unpaired) electrons. The van der Waals surface area contributed by atoms with Crippen molar-refractivity contribution in [3.8, 4) is 11.4 Å². The number of anilines is 1. The van der Waals surface area contributed by atoms with Crippen LogP contribution in [-0.2, 0) is 21.1 Å². The number of carbonyl (C=O) groups excluding carboxylic acids is 1. The molecule has 0 aliphatic carbocycles. The molecule has 0 saturated carbocycles. The summed E-state index contributed by atoms with van der Waals surface area (Å²) in [7, 11) is 0. The van der Waals surface area contributed by atoms with Crippen molar-refractivity contribution in [3.63, 3.8) is 0 Å². The molecule has 0 unspecified atom stereocenters. The molecule has 0 bridgehead atoms. The average Bonchev–Trinajstić information content (AvgIpc) is 2.84. The second-order valence-corrected chi connectivity index (χ2v) is 9.60. The van der Waals surface area contributed by atoms with Gasteiger partial charge in [-0.3, -0.25) is 14.7 Å². The van der Waals surface area contributed by atoms with Crippen LogP contribution in [0.4, 0.5) is 14.5 Å². The Hall–Kier alpha value is -3.84. The molecule has 39 heavy (non-hydrogen) atoms. The molecule has 0 spiro atoms. The Morgan fingerprint density at radius 3 is 2.36 bits per heavy atom. The van der Waals surface area contributed by atoms with Crippen LogP contribution in [0, 0.1) is 18.6 Å². The van der Waals surface area contributed by atoms with Crippen molar-refractivity contribution in [1.29, 1.82) is 0 Å². The van der Waals surface area contributed by atoms with Crippen molar-refractivity contribution in [3.05, 3.63) is 88.1 Å². The first-order valence-electron chi connectivity index (χ1n) is 11.4. The van der Waals surface area contributed by atoms with Gasteiger partial charge >= 0.3 is 5.97 Å². The maximum atomic E-state index is 14.1. The van der Waals surface area contributed by atoms with Crippen molar-refractivity contribution in [2.75, 3.05) is 4.90 Å². The zero-order chi connectivity index (χ0) is 29.1. The van der Waals surface area contributed by atoms with Gasteiger partial charge in [0.25, 0.3) is 0 Å². The van der Waals surface area contributed by atoms with Crippen LogP contribution >= 0.6 is 11.6 Å². The van der Waals surface area contributed by atoms with E-state index < -0.39 is 28.9 Å². The average molecular weight is 562 g/mol. The van der Waals surface area contributed by atoms with E-state index in [1.165, 1.54) is 37.2 Å². The Morgan fingerprint density at radius 2 is 1.77 bits per heavy atom. The van der Waals surface area contributed by atoms with Crippen LogP contribution in [0.5, 0.6) is 0 Å². The van der Waals surface area contributed by atoms with Crippen LogP contribution in [0.15, 0.2) is 59.4 Å². The number of hydrogen-bond donors (Lipinski definition) is 3.